The minimum atomic E-state index is -0.446. The highest BCUT2D eigenvalue weighted by molar-refractivity contribution is 8.18. The van der Waals surface area contributed by atoms with Crippen LogP contribution in [0.1, 0.15) is 11.3 Å². The number of imide groups is 1. The average Bonchev–Trinajstić information content (AvgIpc) is 3.19. The number of methoxy groups -OCH3 is 1. The smallest absolute Gasteiger partial charge is 0.293 e. The number of furan rings is 1. The minimum Gasteiger partial charge on any atom is -0.457 e. The van der Waals surface area contributed by atoms with Crippen LogP contribution in [0.2, 0.25) is 0 Å². The van der Waals surface area contributed by atoms with E-state index in [0.29, 0.717) is 22.6 Å². The van der Waals surface area contributed by atoms with E-state index in [1.807, 2.05) is 0 Å². The van der Waals surface area contributed by atoms with Crippen LogP contribution < -0.4 is 0 Å². The number of hydrogen-bond donors (Lipinski definition) is 0. The second kappa shape index (κ2) is 7.77. The van der Waals surface area contributed by atoms with Crippen LogP contribution in [0.3, 0.4) is 0 Å². The van der Waals surface area contributed by atoms with Gasteiger partial charge in [0, 0.05) is 30.4 Å². The monoisotopic (exact) mass is 388 g/mol. The summed E-state index contributed by atoms with van der Waals surface area (Å²) in [4.78, 5) is 36.3. The number of nitro groups is 1. The van der Waals surface area contributed by atoms with Gasteiger partial charge >= 0.3 is 0 Å². The number of carbonyl (C=O) groups excluding carboxylic acids is 2. The first-order chi connectivity index (χ1) is 12.9. The lowest BCUT2D eigenvalue weighted by Crippen LogP contribution is -2.31. The van der Waals surface area contributed by atoms with Crippen molar-refractivity contribution in [2.75, 3.05) is 20.3 Å². The Hall–Kier alpha value is -2.91. The zero-order valence-corrected chi connectivity index (χ0v) is 15.4. The van der Waals surface area contributed by atoms with Crippen molar-refractivity contribution in [3.8, 4) is 11.3 Å². The van der Waals surface area contributed by atoms with Gasteiger partial charge in [0.1, 0.15) is 11.5 Å². The minimum absolute atomic E-state index is 0.00436. The molecule has 0 saturated carbocycles. The van der Waals surface area contributed by atoms with Crippen LogP contribution in [0, 0.1) is 17.0 Å². The van der Waals surface area contributed by atoms with Crippen LogP contribution in [-0.4, -0.2) is 41.2 Å². The van der Waals surface area contributed by atoms with Crippen molar-refractivity contribution in [2.45, 2.75) is 6.92 Å². The fourth-order valence-electron chi connectivity index (χ4n) is 2.55. The predicted molar refractivity (Wildman–Crippen MR) is 100 cm³/mol. The second-order valence-corrected chi connectivity index (χ2v) is 6.78. The molecule has 0 bridgehead atoms. The molecule has 27 heavy (non-hydrogen) atoms. The number of benzene rings is 1. The van der Waals surface area contributed by atoms with E-state index in [2.05, 4.69) is 0 Å². The van der Waals surface area contributed by atoms with Crippen molar-refractivity contribution < 1.29 is 23.7 Å². The maximum absolute atomic E-state index is 12.3. The molecule has 2 aromatic rings. The van der Waals surface area contributed by atoms with E-state index < -0.39 is 10.8 Å². The largest absolute Gasteiger partial charge is 0.457 e. The summed E-state index contributed by atoms with van der Waals surface area (Å²) in [7, 11) is 1.49. The molecule has 0 unspecified atom stereocenters. The van der Waals surface area contributed by atoms with Crippen molar-refractivity contribution in [1.82, 2.24) is 4.90 Å². The van der Waals surface area contributed by atoms with Crippen LogP contribution in [0.25, 0.3) is 17.4 Å². The molecule has 9 heteroatoms. The first-order valence-corrected chi connectivity index (χ1v) is 8.82. The molecule has 1 aliphatic heterocycles. The number of nitrogens with zero attached hydrogens (tertiary/aromatic N) is 2. The van der Waals surface area contributed by atoms with Crippen molar-refractivity contribution in [3.63, 3.8) is 0 Å². The van der Waals surface area contributed by atoms with E-state index in [0.717, 1.165) is 16.7 Å². The third kappa shape index (κ3) is 3.93. The molecule has 8 nitrogen and oxygen atoms in total. The Morgan fingerprint density at radius 3 is 2.78 bits per heavy atom. The topological polar surface area (TPSA) is 103 Å². The van der Waals surface area contributed by atoms with E-state index >= 15 is 0 Å². The van der Waals surface area contributed by atoms with Crippen molar-refractivity contribution in [1.29, 1.82) is 0 Å². The fraction of sp³-hybridized carbons (Fsp3) is 0.222. The molecule has 1 fully saturated rings. The molecular weight excluding hydrogens is 372 g/mol. The van der Waals surface area contributed by atoms with Gasteiger partial charge in [-0.3, -0.25) is 24.6 Å². The van der Waals surface area contributed by atoms with Crippen LogP contribution in [0.5, 0.6) is 0 Å². The lowest BCUT2D eigenvalue weighted by molar-refractivity contribution is -0.385. The van der Waals surface area contributed by atoms with Gasteiger partial charge in [-0.2, -0.15) is 0 Å². The first-order valence-electron chi connectivity index (χ1n) is 8.00. The summed E-state index contributed by atoms with van der Waals surface area (Å²) < 4.78 is 10.6. The van der Waals surface area contributed by atoms with Crippen molar-refractivity contribution >= 4 is 34.7 Å². The number of amides is 2. The van der Waals surface area contributed by atoms with Gasteiger partial charge in [-0.25, -0.2) is 0 Å². The van der Waals surface area contributed by atoms with Crippen LogP contribution in [0.15, 0.2) is 39.7 Å². The molecule has 0 N–H and O–H groups in total. The zero-order valence-electron chi connectivity index (χ0n) is 14.6. The third-order valence-corrected chi connectivity index (χ3v) is 4.89. The van der Waals surface area contributed by atoms with E-state index in [9.17, 15) is 19.7 Å². The Morgan fingerprint density at radius 1 is 1.30 bits per heavy atom. The van der Waals surface area contributed by atoms with Crippen LogP contribution in [0.4, 0.5) is 10.5 Å². The lowest BCUT2D eigenvalue weighted by Gasteiger charge is -2.10. The summed E-state index contributed by atoms with van der Waals surface area (Å²) in [5.74, 6) is 0.416. The van der Waals surface area contributed by atoms with E-state index in [1.165, 1.54) is 19.3 Å². The molecule has 2 heterocycles. The lowest BCUT2D eigenvalue weighted by atomic mass is 10.1. The maximum atomic E-state index is 12.3. The summed E-state index contributed by atoms with van der Waals surface area (Å²) in [5, 5.41) is 10.7. The Kier molecular flexibility index (Phi) is 5.43. The maximum Gasteiger partial charge on any atom is 0.293 e. The molecule has 1 aromatic heterocycles. The van der Waals surface area contributed by atoms with Gasteiger partial charge in [0.2, 0.25) is 0 Å². The van der Waals surface area contributed by atoms with Gasteiger partial charge in [0.15, 0.2) is 0 Å². The van der Waals surface area contributed by atoms with Gasteiger partial charge in [0.05, 0.1) is 23.0 Å². The molecule has 1 aliphatic rings. The van der Waals surface area contributed by atoms with Gasteiger partial charge < -0.3 is 9.15 Å². The molecular formula is C18H16N2O6S. The molecule has 1 aromatic carbocycles. The Bertz CT molecular complexity index is 949. The number of hydrogen-bond acceptors (Lipinski definition) is 7. The number of carbonyl (C=O) groups is 2. The number of rotatable bonds is 6. The van der Waals surface area contributed by atoms with Gasteiger partial charge in [-0.15, -0.1) is 0 Å². The summed E-state index contributed by atoms with van der Waals surface area (Å²) in [6.07, 6.45) is 1.49. The summed E-state index contributed by atoms with van der Waals surface area (Å²) >= 11 is 0.834. The number of ether oxygens (including phenoxy) is 1. The van der Waals surface area contributed by atoms with Crippen molar-refractivity contribution in [3.05, 3.63) is 56.7 Å². The molecule has 0 aliphatic carbocycles. The highest BCUT2D eigenvalue weighted by Crippen LogP contribution is 2.34. The Balaban J connectivity index is 1.84. The molecule has 0 radical (unpaired) electrons. The quantitative estimate of drug-likeness (QED) is 0.421. The second-order valence-electron chi connectivity index (χ2n) is 5.79. The first kappa shape index (κ1) is 18.9. The zero-order chi connectivity index (χ0) is 19.6. The molecule has 3 rings (SSSR count). The van der Waals surface area contributed by atoms with E-state index in [-0.39, 0.29) is 29.0 Å². The Labute approximate surface area is 158 Å². The highest BCUT2D eigenvalue weighted by atomic mass is 32.2. The number of aryl methyl sites for hydroxylation is 1. The van der Waals surface area contributed by atoms with Gasteiger partial charge in [-0.05, 0) is 30.8 Å². The van der Waals surface area contributed by atoms with Crippen LogP contribution >= 0.6 is 11.8 Å². The van der Waals surface area contributed by atoms with Gasteiger partial charge in [-0.1, -0.05) is 12.1 Å². The molecule has 1 saturated heterocycles. The predicted octanol–water partition coefficient (Wildman–Crippen LogP) is 3.85. The summed E-state index contributed by atoms with van der Waals surface area (Å²) in [6, 6.07) is 8.12. The van der Waals surface area contributed by atoms with Crippen LogP contribution in [-0.2, 0) is 9.53 Å². The highest BCUT2D eigenvalue weighted by Gasteiger charge is 2.34. The van der Waals surface area contributed by atoms with Gasteiger partial charge in [0.25, 0.3) is 16.8 Å². The molecule has 0 atom stereocenters. The molecule has 2 amide bonds. The summed E-state index contributed by atoms with van der Waals surface area (Å²) in [6.45, 7) is 2.12. The van der Waals surface area contributed by atoms with Crippen molar-refractivity contribution in [2.24, 2.45) is 0 Å². The van der Waals surface area contributed by atoms with E-state index in [1.54, 1.807) is 31.2 Å². The van der Waals surface area contributed by atoms with E-state index in [4.69, 9.17) is 9.15 Å². The number of thioether (sulfide) groups is 1. The molecule has 140 valence electrons. The normalized spacial score (nSPS) is 15.8. The fourth-order valence-corrected chi connectivity index (χ4v) is 3.39. The SMILES string of the molecule is COCCN1C(=O)S/C(=C/c2ccc(-c3ccc(C)c([N+](=O)[O-])c3)o2)C1=O. The standard InChI is InChI=1S/C18H16N2O6S/c1-11-3-4-12(9-14(11)20(23)24)15-6-5-13(26-15)10-16-17(21)19(7-8-25-2)18(22)27-16/h3-6,9-10H,7-8H2,1-2H3/b16-10+. The summed E-state index contributed by atoms with van der Waals surface area (Å²) in [5.41, 5.74) is 1.12. The third-order valence-electron chi connectivity index (χ3n) is 3.98. The number of nitro benzene ring substituents is 1. The average molecular weight is 388 g/mol. The molecule has 0 spiro atoms. The Morgan fingerprint density at radius 2 is 2.07 bits per heavy atom.